The van der Waals surface area contributed by atoms with Gasteiger partial charge in [0.1, 0.15) is 0 Å². The molecule has 3 heterocycles. The molecule has 28 heavy (non-hydrogen) atoms. The van der Waals surface area contributed by atoms with Crippen molar-refractivity contribution < 1.29 is 4.79 Å². The Morgan fingerprint density at radius 2 is 2.21 bits per heavy atom. The number of fused-ring (bicyclic) bond motifs is 1. The van der Waals surface area contributed by atoms with E-state index >= 15 is 0 Å². The third-order valence-electron chi connectivity index (χ3n) is 5.98. The van der Waals surface area contributed by atoms with E-state index in [4.69, 9.17) is 4.98 Å². The number of nitrogens with zero attached hydrogens (tertiary/aromatic N) is 6. The predicted molar refractivity (Wildman–Crippen MR) is 108 cm³/mol. The van der Waals surface area contributed by atoms with E-state index in [9.17, 15) is 4.79 Å². The minimum Gasteiger partial charge on any atom is -0.339 e. The molecule has 3 aromatic rings. The Morgan fingerprint density at radius 3 is 2.93 bits per heavy atom. The van der Waals surface area contributed by atoms with Crippen LogP contribution in [0.25, 0.3) is 16.8 Å². The van der Waals surface area contributed by atoms with Crippen LogP contribution in [0, 0.1) is 0 Å². The van der Waals surface area contributed by atoms with Gasteiger partial charge in [-0.3, -0.25) is 9.48 Å². The molecule has 4 rings (SSSR count). The summed E-state index contributed by atoms with van der Waals surface area (Å²) in [6.45, 7) is 5.89. The van der Waals surface area contributed by atoms with Crippen LogP contribution >= 0.6 is 0 Å². The van der Waals surface area contributed by atoms with Gasteiger partial charge in [0, 0.05) is 37.3 Å². The van der Waals surface area contributed by atoms with Crippen molar-refractivity contribution in [3.63, 3.8) is 0 Å². The molecule has 1 fully saturated rings. The molecule has 1 aliphatic rings. The zero-order valence-corrected chi connectivity index (χ0v) is 16.7. The highest BCUT2D eigenvalue weighted by Crippen LogP contribution is 2.42. The van der Waals surface area contributed by atoms with E-state index in [1.54, 1.807) is 4.68 Å². The maximum atomic E-state index is 12.1. The SMILES string of the molecule is C=CC(=O)N(C)[C@@H]1CCC[C@](C)(c2nc(-c3cnn(C)c3)cn3nccc23)C1. The lowest BCUT2D eigenvalue weighted by atomic mass is 9.70. The number of rotatable bonds is 4. The van der Waals surface area contributed by atoms with Crippen LogP contribution in [0.5, 0.6) is 0 Å². The maximum absolute atomic E-state index is 12.1. The summed E-state index contributed by atoms with van der Waals surface area (Å²) in [5.74, 6) is -0.0270. The van der Waals surface area contributed by atoms with Gasteiger partial charge in [-0.15, -0.1) is 0 Å². The molecule has 2 atom stereocenters. The molecule has 0 unspecified atom stereocenters. The predicted octanol–water partition coefficient (Wildman–Crippen LogP) is 2.97. The summed E-state index contributed by atoms with van der Waals surface area (Å²) in [5, 5.41) is 8.74. The molecule has 146 valence electrons. The Labute approximate surface area is 164 Å². The monoisotopic (exact) mass is 378 g/mol. The number of carbonyl (C=O) groups excluding carboxylic acids is 1. The van der Waals surface area contributed by atoms with Crippen LogP contribution in [0.4, 0.5) is 0 Å². The second-order valence-corrected chi connectivity index (χ2v) is 8.00. The number of hydrogen-bond donors (Lipinski definition) is 0. The number of aryl methyl sites for hydroxylation is 1. The molecule has 1 aliphatic carbocycles. The Morgan fingerprint density at radius 1 is 1.39 bits per heavy atom. The molecule has 0 spiro atoms. The van der Waals surface area contributed by atoms with Crippen LogP contribution in [0.3, 0.4) is 0 Å². The van der Waals surface area contributed by atoms with Crippen molar-refractivity contribution in [2.75, 3.05) is 7.05 Å². The van der Waals surface area contributed by atoms with Crippen LogP contribution < -0.4 is 0 Å². The lowest BCUT2D eigenvalue weighted by Gasteiger charge is -2.41. The zero-order valence-electron chi connectivity index (χ0n) is 16.7. The highest BCUT2D eigenvalue weighted by Gasteiger charge is 2.38. The Hall–Kier alpha value is -2.96. The van der Waals surface area contributed by atoms with E-state index in [2.05, 4.69) is 23.7 Å². The molecular weight excluding hydrogens is 352 g/mol. The van der Waals surface area contributed by atoms with Gasteiger partial charge in [-0.05, 0) is 31.4 Å². The van der Waals surface area contributed by atoms with E-state index in [0.717, 1.165) is 48.2 Å². The average molecular weight is 378 g/mol. The summed E-state index contributed by atoms with van der Waals surface area (Å²) in [6.07, 6.45) is 12.9. The lowest BCUT2D eigenvalue weighted by Crippen LogP contribution is -2.44. The summed E-state index contributed by atoms with van der Waals surface area (Å²) < 4.78 is 3.68. The Bertz CT molecular complexity index is 1030. The number of amides is 1. The molecular formula is C21H26N6O. The Balaban J connectivity index is 1.77. The molecule has 0 aromatic carbocycles. The number of likely N-dealkylation sites (N-methyl/N-ethyl adjacent to an activating group) is 1. The van der Waals surface area contributed by atoms with Crippen LogP contribution in [0.1, 0.15) is 38.3 Å². The average Bonchev–Trinajstić information content (AvgIpc) is 3.34. The van der Waals surface area contributed by atoms with Crippen molar-refractivity contribution in [3.05, 3.63) is 49.2 Å². The van der Waals surface area contributed by atoms with Gasteiger partial charge < -0.3 is 4.90 Å². The zero-order chi connectivity index (χ0) is 19.9. The number of hydrogen-bond acceptors (Lipinski definition) is 4. The van der Waals surface area contributed by atoms with Gasteiger partial charge in [0.15, 0.2) is 0 Å². The standard InChI is InChI=1S/C21H26N6O/c1-5-19(28)26(4)16-7-6-9-21(2,11-16)20-18-8-10-22-27(18)14-17(24-20)15-12-23-25(3)13-15/h5,8,10,12-14,16H,1,6-7,9,11H2,2-4H3/t16-,21+/m1/s1. The van der Waals surface area contributed by atoms with Gasteiger partial charge in [0.25, 0.3) is 0 Å². The summed E-state index contributed by atoms with van der Waals surface area (Å²) in [5.41, 5.74) is 3.75. The fourth-order valence-corrected chi connectivity index (χ4v) is 4.39. The van der Waals surface area contributed by atoms with E-state index < -0.39 is 0 Å². The Kier molecular flexibility index (Phi) is 4.53. The van der Waals surface area contributed by atoms with Crippen LogP contribution in [-0.4, -0.2) is 48.3 Å². The smallest absolute Gasteiger partial charge is 0.245 e. The maximum Gasteiger partial charge on any atom is 0.245 e. The van der Waals surface area contributed by atoms with Gasteiger partial charge in [0.2, 0.25) is 5.91 Å². The van der Waals surface area contributed by atoms with Crippen LogP contribution in [0.2, 0.25) is 0 Å². The summed E-state index contributed by atoms with van der Waals surface area (Å²) >= 11 is 0. The third kappa shape index (κ3) is 3.10. The van der Waals surface area contributed by atoms with Gasteiger partial charge >= 0.3 is 0 Å². The largest absolute Gasteiger partial charge is 0.339 e. The number of carbonyl (C=O) groups is 1. The van der Waals surface area contributed by atoms with E-state index in [-0.39, 0.29) is 17.4 Å². The second-order valence-electron chi connectivity index (χ2n) is 8.00. The van der Waals surface area contributed by atoms with Crippen LogP contribution in [0.15, 0.2) is 43.5 Å². The van der Waals surface area contributed by atoms with Crippen molar-refractivity contribution in [2.45, 2.75) is 44.1 Å². The molecule has 0 saturated heterocycles. The van der Waals surface area contributed by atoms with Gasteiger partial charge in [-0.1, -0.05) is 19.9 Å². The normalized spacial score (nSPS) is 22.3. The molecule has 0 aliphatic heterocycles. The van der Waals surface area contributed by atoms with Gasteiger partial charge in [-0.25, -0.2) is 9.50 Å². The fraction of sp³-hybridized carbons (Fsp3) is 0.429. The topological polar surface area (TPSA) is 68.3 Å². The highest BCUT2D eigenvalue weighted by molar-refractivity contribution is 5.87. The van der Waals surface area contributed by atoms with Crippen molar-refractivity contribution in [1.82, 2.24) is 29.3 Å². The molecule has 3 aromatic heterocycles. The molecule has 1 amide bonds. The quantitative estimate of drug-likeness (QED) is 0.655. The molecule has 0 radical (unpaired) electrons. The van der Waals surface area contributed by atoms with E-state index in [1.807, 2.05) is 54.4 Å². The second kappa shape index (κ2) is 6.89. The lowest BCUT2D eigenvalue weighted by molar-refractivity contribution is -0.127. The van der Waals surface area contributed by atoms with Crippen molar-refractivity contribution >= 4 is 11.4 Å². The van der Waals surface area contributed by atoms with Crippen molar-refractivity contribution in [1.29, 1.82) is 0 Å². The summed E-state index contributed by atoms with van der Waals surface area (Å²) in [7, 11) is 3.77. The van der Waals surface area contributed by atoms with Gasteiger partial charge in [-0.2, -0.15) is 10.2 Å². The minimum absolute atomic E-state index is 0.0270. The molecule has 0 N–H and O–H groups in total. The van der Waals surface area contributed by atoms with Gasteiger partial charge in [0.05, 0.1) is 35.5 Å². The first-order chi connectivity index (χ1) is 13.4. The highest BCUT2D eigenvalue weighted by atomic mass is 16.2. The molecule has 7 nitrogen and oxygen atoms in total. The first-order valence-electron chi connectivity index (χ1n) is 9.64. The first kappa shape index (κ1) is 18.4. The number of aromatic nitrogens is 5. The van der Waals surface area contributed by atoms with Crippen LogP contribution in [-0.2, 0) is 17.3 Å². The fourth-order valence-electron chi connectivity index (χ4n) is 4.39. The summed E-state index contributed by atoms with van der Waals surface area (Å²) in [6, 6.07) is 2.19. The minimum atomic E-state index is -0.141. The van der Waals surface area contributed by atoms with E-state index in [1.165, 1.54) is 6.08 Å². The van der Waals surface area contributed by atoms with E-state index in [0.29, 0.717) is 0 Å². The molecule has 7 heteroatoms. The van der Waals surface area contributed by atoms with Crippen molar-refractivity contribution in [3.8, 4) is 11.3 Å². The molecule has 0 bridgehead atoms. The first-order valence-corrected chi connectivity index (χ1v) is 9.64. The summed E-state index contributed by atoms with van der Waals surface area (Å²) in [4.78, 5) is 19.0. The third-order valence-corrected chi connectivity index (χ3v) is 5.98. The van der Waals surface area contributed by atoms with Crippen molar-refractivity contribution in [2.24, 2.45) is 7.05 Å². The molecule has 1 saturated carbocycles.